The van der Waals surface area contributed by atoms with E-state index in [1.165, 1.54) is 12.5 Å². The van der Waals surface area contributed by atoms with Crippen LogP contribution in [0.15, 0.2) is 24.3 Å². The average Bonchev–Trinajstić information content (AvgIpc) is 2.55. The largest absolute Gasteiger partial charge is 0.489 e. The smallest absolute Gasteiger partial charge is 0.225 e. The number of carbonyl (C=O) groups excluding carboxylic acids is 1. The van der Waals surface area contributed by atoms with Crippen LogP contribution in [0.1, 0.15) is 32.1 Å². The lowest BCUT2D eigenvalue weighted by Gasteiger charge is -2.44. The minimum Gasteiger partial charge on any atom is -0.489 e. The van der Waals surface area contributed by atoms with E-state index in [4.69, 9.17) is 10.5 Å². The van der Waals surface area contributed by atoms with E-state index in [0.29, 0.717) is 25.0 Å². The number of nitrogens with two attached hydrogens (primary N) is 1. The summed E-state index contributed by atoms with van der Waals surface area (Å²) in [6.07, 6.45) is 5.38. The van der Waals surface area contributed by atoms with Crippen molar-refractivity contribution in [2.75, 3.05) is 20.2 Å². The predicted octanol–water partition coefficient (Wildman–Crippen LogP) is 3.24. The van der Waals surface area contributed by atoms with Gasteiger partial charge in [-0.05, 0) is 49.7 Å². The van der Waals surface area contributed by atoms with Gasteiger partial charge in [-0.3, -0.25) is 4.79 Å². The van der Waals surface area contributed by atoms with Gasteiger partial charge in [0.2, 0.25) is 5.91 Å². The molecule has 0 saturated heterocycles. The third-order valence-corrected chi connectivity index (χ3v) is 5.66. The van der Waals surface area contributed by atoms with Crippen LogP contribution in [-0.2, 0) is 4.79 Å². The maximum Gasteiger partial charge on any atom is 0.225 e. The number of halogens is 2. The standard InChI is InChI=1S/C19H27FN2O2.ClH/c1-22(9-10-24-17-8-3-2-7-16(17)20)19(23)15-11-13-5-4-6-14(12-15)18(13)21;/h2-3,7-8,13-15,18H,4-6,9-12,21H2,1H3;1H. The molecule has 140 valence electrons. The second kappa shape index (κ2) is 8.86. The lowest BCUT2D eigenvalue weighted by atomic mass is 9.65. The highest BCUT2D eigenvalue weighted by Gasteiger charge is 2.41. The number of para-hydroxylation sites is 1. The third-order valence-electron chi connectivity index (χ3n) is 5.66. The SMILES string of the molecule is CN(CCOc1ccccc1F)C(=O)C1CC2CCCC(C1)C2N.Cl. The van der Waals surface area contributed by atoms with Crippen LogP contribution in [0, 0.1) is 23.6 Å². The summed E-state index contributed by atoms with van der Waals surface area (Å²) in [5.41, 5.74) is 6.30. The van der Waals surface area contributed by atoms with Crippen LogP contribution in [0.25, 0.3) is 0 Å². The predicted molar refractivity (Wildman–Crippen MR) is 98.3 cm³/mol. The molecule has 2 bridgehead atoms. The molecule has 2 aliphatic rings. The van der Waals surface area contributed by atoms with Gasteiger partial charge in [0, 0.05) is 19.0 Å². The number of ether oxygens (including phenoxy) is 1. The van der Waals surface area contributed by atoms with Crippen molar-refractivity contribution in [3.63, 3.8) is 0 Å². The lowest BCUT2D eigenvalue weighted by Crippen LogP contribution is -2.49. The molecule has 2 aliphatic carbocycles. The zero-order valence-electron chi connectivity index (χ0n) is 14.7. The second-order valence-corrected chi connectivity index (χ2v) is 7.24. The molecule has 2 saturated carbocycles. The van der Waals surface area contributed by atoms with Crippen LogP contribution < -0.4 is 10.5 Å². The molecular weight excluding hydrogens is 343 g/mol. The highest BCUT2D eigenvalue weighted by Crippen LogP contribution is 2.42. The second-order valence-electron chi connectivity index (χ2n) is 7.24. The molecule has 0 radical (unpaired) electrons. The Morgan fingerprint density at radius 1 is 1.28 bits per heavy atom. The Labute approximate surface area is 155 Å². The number of amides is 1. The van der Waals surface area contributed by atoms with Crippen molar-refractivity contribution in [3.05, 3.63) is 30.1 Å². The molecular formula is C19H28ClFN2O2. The third kappa shape index (κ3) is 4.64. The Balaban J connectivity index is 0.00000225. The molecule has 2 N–H and O–H groups in total. The van der Waals surface area contributed by atoms with Gasteiger partial charge in [-0.15, -0.1) is 12.4 Å². The first-order valence-electron chi connectivity index (χ1n) is 8.94. The van der Waals surface area contributed by atoms with Crippen LogP contribution in [0.2, 0.25) is 0 Å². The van der Waals surface area contributed by atoms with Gasteiger partial charge in [0.25, 0.3) is 0 Å². The zero-order chi connectivity index (χ0) is 17.1. The van der Waals surface area contributed by atoms with Gasteiger partial charge >= 0.3 is 0 Å². The first-order chi connectivity index (χ1) is 11.6. The Hall–Kier alpha value is -1.33. The fourth-order valence-corrected chi connectivity index (χ4v) is 4.27. The number of hydrogen-bond donors (Lipinski definition) is 1. The fourth-order valence-electron chi connectivity index (χ4n) is 4.27. The summed E-state index contributed by atoms with van der Waals surface area (Å²) in [4.78, 5) is 14.4. The first-order valence-corrected chi connectivity index (χ1v) is 8.94. The highest BCUT2D eigenvalue weighted by atomic mass is 35.5. The molecule has 0 aromatic heterocycles. The summed E-state index contributed by atoms with van der Waals surface area (Å²) < 4.78 is 19.0. The Bertz CT molecular complexity index is 572. The van der Waals surface area contributed by atoms with Crippen molar-refractivity contribution in [2.24, 2.45) is 23.5 Å². The molecule has 0 heterocycles. The molecule has 6 heteroatoms. The number of nitrogens with zero attached hydrogens (tertiary/aromatic N) is 1. The molecule has 4 nitrogen and oxygen atoms in total. The Morgan fingerprint density at radius 2 is 1.92 bits per heavy atom. The van der Waals surface area contributed by atoms with E-state index in [1.807, 2.05) is 0 Å². The first kappa shape index (κ1) is 20.0. The van der Waals surface area contributed by atoms with E-state index >= 15 is 0 Å². The summed E-state index contributed by atoms with van der Waals surface area (Å²) >= 11 is 0. The van der Waals surface area contributed by atoms with Crippen molar-refractivity contribution in [2.45, 2.75) is 38.1 Å². The lowest BCUT2D eigenvalue weighted by molar-refractivity contribution is -0.137. The van der Waals surface area contributed by atoms with Crippen LogP contribution >= 0.6 is 12.4 Å². The molecule has 0 aliphatic heterocycles. The van der Waals surface area contributed by atoms with Crippen molar-refractivity contribution < 1.29 is 13.9 Å². The summed E-state index contributed by atoms with van der Waals surface area (Å²) in [7, 11) is 1.80. The van der Waals surface area contributed by atoms with E-state index in [1.54, 1.807) is 30.1 Å². The zero-order valence-corrected chi connectivity index (χ0v) is 15.5. The molecule has 25 heavy (non-hydrogen) atoms. The molecule has 2 unspecified atom stereocenters. The number of carbonyl (C=O) groups is 1. The molecule has 1 aromatic carbocycles. The quantitative estimate of drug-likeness (QED) is 0.865. The number of fused-ring (bicyclic) bond motifs is 2. The van der Waals surface area contributed by atoms with Crippen LogP contribution in [0.5, 0.6) is 5.75 Å². The fraction of sp³-hybridized carbons (Fsp3) is 0.632. The van der Waals surface area contributed by atoms with Crippen molar-refractivity contribution in [1.82, 2.24) is 4.90 Å². The molecule has 0 spiro atoms. The maximum atomic E-state index is 13.5. The van der Waals surface area contributed by atoms with Gasteiger partial charge in [-0.2, -0.15) is 0 Å². The molecule has 1 aromatic rings. The summed E-state index contributed by atoms with van der Waals surface area (Å²) in [6.45, 7) is 0.757. The maximum absolute atomic E-state index is 13.5. The normalized spacial score (nSPS) is 28.0. The van der Waals surface area contributed by atoms with E-state index in [-0.39, 0.29) is 41.8 Å². The van der Waals surface area contributed by atoms with Crippen LogP contribution in [0.3, 0.4) is 0 Å². The van der Waals surface area contributed by atoms with Gasteiger partial charge < -0.3 is 15.4 Å². The van der Waals surface area contributed by atoms with Gasteiger partial charge in [0.1, 0.15) is 6.61 Å². The molecule has 2 fully saturated rings. The Morgan fingerprint density at radius 3 is 2.56 bits per heavy atom. The number of benzene rings is 1. The topological polar surface area (TPSA) is 55.6 Å². The minimum absolute atomic E-state index is 0. The molecule has 1 amide bonds. The van der Waals surface area contributed by atoms with Crippen molar-refractivity contribution in [1.29, 1.82) is 0 Å². The van der Waals surface area contributed by atoms with E-state index in [9.17, 15) is 9.18 Å². The van der Waals surface area contributed by atoms with Crippen LogP contribution in [-0.4, -0.2) is 37.0 Å². The number of likely N-dealkylation sites (N-methyl/N-ethyl adjacent to an activating group) is 1. The van der Waals surface area contributed by atoms with Crippen molar-refractivity contribution in [3.8, 4) is 5.75 Å². The molecule has 3 rings (SSSR count). The average molecular weight is 371 g/mol. The Kier molecular flexibility index (Phi) is 7.08. The van der Waals surface area contributed by atoms with Crippen LogP contribution in [0.4, 0.5) is 4.39 Å². The molecule has 2 atom stereocenters. The summed E-state index contributed by atoms with van der Waals surface area (Å²) in [6, 6.07) is 6.60. The summed E-state index contributed by atoms with van der Waals surface area (Å²) in [5, 5.41) is 0. The number of rotatable bonds is 5. The number of hydrogen-bond acceptors (Lipinski definition) is 3. The van der Waals surface area contributed by atoms with Gasteiger partial charge in [-0.25, -0.2) is 4.39 Å². The monoisotopic (exact) mass is 370 g/mol. The van der Waals surface area contributed by atoms with E-state index in [0.717, 1.165) is 25.7 Å². The van der Waals surface area contributed by atoms with Gasteiger partial charge in [-0.1, -0.05) is 18.6 Å². The summed E-state index contributed by atoms with van der Waals surface area (Å²) in [5.74, 6) is 1.11. The van der Waals surface area contributed by atoms with Crippen molar-refractivity contribution >= 4 is 18.3 Å². The van der Waals surface area contributed by atoms with Gasteiger partial charge in [0.05, 0.1) is 6.54 Å². The van der Waals surface area contributed by atoms with Gasteiger partial charge in [0.15, 0.2) is 11.6 Å². The van der Waals surface area contributed by atoms with E-state index < -0.39 is 0 Å². The van der Waals surface area contributed by atoms with E-state index in [2.05, 4.69) is 0 Å². The highest BCUT2D eigenvalue weighted by molar-refractivity contribution is 5.85. The minimum atomic E-state index is -0.374.